The Labute approximate surface area is 158 Å². The van der Waals surface area contributed by atoms with Gasteiger partial charge in [0, 0.05) is 0 Å². The van der Waals surface area contributed by atoms with Crippen LogP contribution in [-0.2, 0) is 0 Å². The van der Waals surface area contributed by atoms with Crippen LogP contribution in [0.15, 0.2) is 75.3 Å². The van der Waals surface area contributed by atoms with Crippen LogP contribution in [0.4, 0.5) is 0 Å². The van der Waals surface area contributed by atoms with Crippen molar-refractivity contribution in [3.8, 4) is 22.8 Å². The van der Waals surface area contributed by atoms with Crippen LogP contribution >= 0.6 is 11.3 Å². The number of carbonyl (C=O) groups excluding carboxylic acids is 1. The highest BCUT2D eigenvalue weighted by Crippen LogP contribution is 2.36. The lowest BCUT2D eigenvalue weighted by molar-refractivity contribution is 0.0736. The molecule has 134 valence electrons. The van der Waals surface area contributed by atoms with Gasteiger partial charge in [0.25, 0.3) is 0 Å². The second-order valence-electron chi connectivity index (χ2n) is 5.65. The van der Waals surface area contributed by atoms with Crippen LogP contribution in [0.2, 0.25) is 0 Å². The van der Waals surface area contributed by atoms with Crippen molar-refractivity contribution < 1.29 is 18.7 Å². The Kier molecular flexibility index (Phi) is 4.48. The summed E-state index contributed by atoms with van der Waals surface area (Å²) in [5.74, 6) is -0.106. The van der Waals surface area contributed by atoms with Gasteiger partial charge in [0.1, 0.15) is 16.2 Å². The molecule has 0 fully saturated rings. The summed E-state index contributed by atoms with van der Waals surface area (Å²) in [5.41, 5.74) is 0.513. The molecule has 0 radical (unpaired) electrons. The molecular formula is C21H14O5S. The van der Waals surface area contributed by atoms with Crippen LogP contribution in [0.1, 0.15) is 9.67 Å². The minimum absolute atomic E-state index is 0.154. The number of hydrogen-bond donors (Lipinski definition) is 0. The predicted octanol–water partition coefficient (Wildman–Crippen LogP) is 4.75. The summed E-state index contributed by atoms with van der Waals surface area (Å²) in [6.45, 7) is 0. The molecule has 0 saturated carbocycles. The fourth-order valence-electron chi connectivity index (χ4n) is 2.76. The summed E-state index contributed by atoms with van der Waals surface area (Å²) in [6.07, 6.45) is 0. The number of para-hydroxylation sites is 2. The van der Waals surface area contributed by atoms with Gasteiger partial charge in [-0.25, -0.2) is 4.79 Å². The minimum Gasteiger partial charge on any atom is -0.496 e. The summed E-state index contributed by atoms with van der Waals surface area (Å²) in [6, 6.07) is 17.3. The standard InChI is InChI=1S/C21H14O5S/c1-24-15-9-4-3-8-14(15)19-20(26-21(23)17-11-6-12-27-17)18(22)13-7-2-5-10-16(13)25-19/h2-12H,1H3. The molecule has 2 aromatic carbocycles. The van der Waals surface area contributed by atoms with Crippen molar-refractivity contribution in [2.45, 2.75) is 0 Å². The van der Waals surface area contributed by atoms with E-state index in [2.05, 4.69) is 0 Å². The maximum atomic E-state index is 13.1. The van der Waals surface area contributed by atoms with Crippen molar-refractivity contribution in [3.63, 3.8) is 0 Å². The summed E-state index contributed by atoms with van der Waals surface area (Å²) in [4.78, 5) is 25.9. The third-order valence-corrected chi connectivity index (χ3v) is 4.87. The van der Waals surface area contributed by atoms with Gasteiger partial charge in [0.15, 0.2) is 5.76 Å². The Morgan fingerprint density at radius 3 is 2.56 bits per heavy atom. The molecule has 0 aliphatic heterocycles. The van der Waals surface area contributed by atoms with E-state index in [1.165, 1.54) is 18.4 Å². The number of rotatable bonds is 4. The van der Waals surface area contributed by atoms with Crippen molar-refractivity contribution in [1.29, 1.82) is 0 Å². The molecule has 4 rings (SSSR count). The van der Waals surface area contributed by atoms with E-state index in [-0.39, 0.29) is 11.5 Å². The lowest BCUT2D eigenvalue weighted by Gasteiger charge is -2.12. The highest BCUT2D eigenvalue weighted by atomic mass is 32.1. The topological polar surface area (TPSA) is 65.7 Å². The van der Waals surface area contributed by atoms with E-state index in [1.807, 2.05) is 0 Å². The lowest BCUT2D eigenvalue weighted by atomic mass is 10.1. The van der Waals surface area contributed by atoms with Crippen molar-refractivity contribution in [1.82, 2.24) is 0 Å². The van der Waals surface area contributed by atoms with Gasteiger partial charge in [-0.1, -0.05) is 30.3 Å². The third kappa shape index (κ3) is 3.11. The Morgan fingerprint density at radius 1 is 1.00 bits per heavy atom. The first-order valence-corrected chi connectivity index (χ1v) is 9.02. The number of ether oxygens (including phenoxy) is 2. The number of methoxy groups -OCH3 is 1. The monoisotopic (exact) mass is 378 g/mol. The van der Waals surface area contributed by atoms with Crippen molar-refractivity contribution >= 4 is 28.3 Å². The Balaban J connectivity index is 1.96. The first-order chi connectivity index (χ1) is 13.2. The molecule has 0 N–H and O–H groups in total. The number of fused-ring (bicyclic) bond motifs is 1. The first kappa shape index (κ1) is 17.1. The van der Waals surface area contributed by atoms with E-state index in [9.17, 15) is 9.59 Å². The van der Waals surface area contributed by atoms with Gasteiger partial charge >= 0.3 is 5.97 Å². The molecule has 6 heteroatoms. The van der Waals surface area contributed by atoms with E-state index in [1.54, 1.807) is 66.0 Å². The maximum Gasteiger partial charge on any atom is 0.353 e. The minimum atomic E-state index is -0.608. The number of hydrogen-bond acceptors (Lipinski definition) is 6. The molecule has 0 unspecified atom stereocenters. The Hall–Kier alpha value is -3.38. The number of carbonyl (C=O) groups is 1. The SMILES string of the molecule is COc1ccccc1-c1oc2ccccc2c(=O)c1OC(=O)c1cccs1. The van der Waals surface area contributed by atoms with Gasteiger partial charge in [0.2, 0.25) is 11.2 Å². The van der Waals surface area contributed by atoms with Gasteiger partial charge in [-0.2, -0.15) is 0 Å². The van der Waals surface area contributed by atoms with Crippen LogP contribution in [0.25, 0.3) is 22.3 Å². The fourth-order valence-corrected chi connectivity index (χ4v) is 3.36. The van der Waals surface area contributed by atoms with Crippen molar-refractivity contribution in [2.24, 2.45) is 0 Å². The average Bonchev–Trinajstić information content (AvgIpc) is 3.25. The summed E-state index contributed by atoms with van der Waals surface area (Å²) in [5, 5.41) is 2.10. The highest BCUT2D eigenvalue weighted by Gasteiger charge is 2.23. The normalized spacial score (nSPS) is 10.7. The number of benzene rings is 2. The van der Waals surface area contributed by atoms with Crippen LogP contribution in [0.5, 0.6) is 11.5 Å². The zero-order valence-electron chi connectivity index (χ0n) is 14.3. The number of thiophene rings is 1. The van der Waals surface area contributed by atoms with Crippen LogP contribution in [0, 0.1) is 0 Å². The van der Waals surface area contributed by atoms with E-state index in [0.717, 1.165) is 0 Å². The molecule has 0 aliphatic rings. The molecule has 5 nitrogen and oxygen atoms in total. The van der Waals surface area contributed by atoms with E-state index >= 15 is 0 Å². The van der Waals surface area contributed by atoms with Gasteiger partial charge in [-0.15, -0.1) is 11.3 Å². The molecule has 0 spiro atoms. The van der Waals surface area contributed by atoms with Crippen molar-refractivity contribution in [3.05, 3.63) is 81.1 Å². The first-order valence-electron chi connectivity index (χ1n) is 8.14. The molecule has 4 aromatic rings. The van der Waals surface area contributed by atoms with Gasteiger partial charge in [0.05, 0.1) is 18.1 Å². The molecule has 0 aliphatic carbocycles. The predicted molar refractivity (Wildman–Crippen MR) is 104 cm³/mol. The lowest BCUT2D eigenvalue weighted by Crippen LogP contribution is -2.15. The van der Waals surface area contributed by atoms with Gasteiger partial charge < -0.3 is 13.9 Å². The average molecular weight is 378 g/mol. The molecule has 2 heterocycles. The molecule has 0 bridgehead atoms. The van der Waals surface area contributed by atoms with Crippen LogP contribution in [0.3, 0.4) is 0 Å². The second kappa shape index (κ2) is 7.09. The zero-order valence-corrected chi connectivity index (χ0v) is 15.1. The summed E-state index contributed by atoms with van der Waals surface area (Å²) < 4.78 is 16.8. The van der Waals surface area contributed by atoms with E-state index in [4.69, 9.17) is 13.9 Å². The van der Waals surface area contributed by atoms with Gasteiger partial charge in [-0.05, 0) is 35.7 Å². The van der Waals surface area contributed by atoms with Gasteiger partial charge in [-0.3, -0.25) is 4.79 Å². The largest absolute Gasteiger partial charge is 0.496 e. The molecular weight excluding hydrogens is 364 g/mol. The molecule has 0 saturated heterocycles. The van der Waals surface area contributed by atoms with E-state index < -0.39 is 11.4 Å². The second-order valence-corrected chi connectivity index (χ2v) is 6.60. The molecule has 2 aromatic heterocycles. The Bertz CT molecular complexity index is 1170. The smallest absolute Gasteiger partial charge is 0.353 e. The fraction of sp³-hybridized carbons (Fsp3) is 0.0476. The highest BCUT2D eigenvalue weighted by molar-refractivity contribution is 7.12. The zero-order chi connectivity index (χ0) is 18.8. The quantitative estimate of drug-likeness (QED) is 0.480. The number of esters is 1. The Morgan fingerprint density at radius 2 is 1.78 bits per heavy atom. The molecule has 0 amide bonds. The third-order valence-electron chi connectivity index (χ3n) is 4.02. The van der Waals surface area contributed by atoms with E-state index in [0.29, 0.717) is 27.2 Å². The summed E-state index contributed by atoms with van der Waals surface area (Å²) in [7, 11) is 1.52. The van der Waals surface area contributed by atoms with Crippen molar-refractivity contribution in [2.75, 3.05) is 7.11 Å². The summed E-state index contributed by atoms with van der Waals surface area (Å²) >= 11 is 1.24. The molecule has 0 atom stereocenters. The van der Waals surface area contributed by atoms with Crippen LogP contribution < -0.4 is 14.9 Å². The molecule has 27 heavy (non-hydrogen) atoms. The maximum absolute atomic E-state index is 13.1. The van der Waals surface area contributed by atoms with Crippen LogP contribution in [-0.4, -0.2) is 13.1 Å².